The molecule has 0 aliphatic carbocycles. The van der Waals surface area contributed by atoms with Gasteiger partial charge in [-0.25, -0.2) is 0 Å². The average Bonchev–Trinajstić information content (AvgIpc) is 3.32. The molecule has 4 aromatic rings. The Morgan fingerprint density at radius 2 is 1.37 bits per heavy atom. The maximum Gasteiger partial charge on any atom is 0.244 e. The molecule has 0 spiro atoms. The summed E-state index contributed by atoms with van der Waals surface area (Å²) in [4.78, 5) is 28.1. The van der Waals surface area contributed by atoms with Gasteiger partial charge in [-0.05, 0) is 61.4 Å². The molecule has 2 heterocycles. The number of para-hydroxylation sites is 2. The summed E-state index contributed by atoms with van der Waals surface area (Å²) in [6, 6.07) is 22.9. The van der Waals surface area contributed by atoms with Crippen LogP contribution in [0.5, 0.6) is 0 Å². The molecule has 0 bridgehead atoms. The van der Waals surface area contributed by atoms with Crippen molar-refractivity contribution in [2.45, 2.75) is 19.4 Å². The van der Waals surface area contributed by atoms with Crippen LogP contribution in [0, 0.1) is 0 Å². The molecular formula is C25H23N3O2. The Balaban J connectivity index is 1.44. The van der Waals surface area contributed by atoms with Gasteiger partial charge in [-0.15, -0.1) is 0 Å². The van der Waals surface area contributed by atoms with E-state index < -0.39 is 0 Å². The average molecular weight is 397 g/mol. The van der Waals surface area contributed by atoms with E-state index in [1.807, 2.05) is 65.2 Å². The van der Waals surface area contributed by atoms with Crippen molar-refractivity contribution >= 4 is 39.1 Å². The van der Waals surface area contributed by atoms with Crippen molar-refractivity contribution in [3.8, 4) is 0 Å². The molecule has 5 rings (SSSR count). The molecule has 1 aliphatic rings. The monoisotopic (exact) mass is 397 g/mol. The Hall–Kier alpha value is -3.60. The van der Waals surface area contributed by atoms with Crippen molar-refractivity contribution in [1.29, 1.82) is 0 Å². The number of aromatic nitrogens is 1. The SMILES string of the molecule is O=C(Cn1c2ccccc2c(=O)c2ccccc21)Nc1ccc(N2CCCC2)cc1. The first-order valence-corrected chi connectivity index (χ1v) is 10.4. The lowest BCUT2D eigenvalue weighted by Gasteiger charge is -2.18. The maximum absolute atomic E-state index is 12.9. The Morgan fingerprint density at radius 3 is 1.97 bits per heavy atom. The van der Waals surface area contributed by atoms with Gasteiger partial charge < -0.3 is 14.8 Å². The minimum Gasteiger partial charge on any atom is -0.372 e. The number of nitrogens with zero attached hydrogens (tertiary/aromatic N) is 2. The van der Waals surface area contributed by atoms with Crippen LogP contribution in [0.1, 0.15) is 12.8 Å². The number of pyridine rings is 1. The van der Waals surface area contributed by atoms with E-state index in [1.54, 1.807) is 0 Å². The molecule has 3 aromatic carbocycles. The van der Waals surface area contributed by atoms with E-state index in [-0.39, 0.29) is 17.9 Å². The van der Waals surface area contributed by atoms with Gasteiger partial charge in [0.2, 0.25) is 5.91 Å². The standard InChI is InChI=1S/C25H23N3O2/c29-24(26-18-11-13-19(14-12-18)27-15-5-6-16-27)17-28-22-9-3-1-7-20(22)25(30)21-8-2-4-10-23(21)28/h1-4,7-14H,5-6,15-17H2,(H,26,29). The van der Waals surface area contributed by atoms with Crippen molar-refractivity contribution in [2.24, 2.45) is 0 Å². The highest BCUT2D eigenvalue weighted by molar-refractivity contribution is 5.97. The zero-order chi connectivity index (χ0) is 20.5. The highest BCUT2D eigenvalue weighted by atomic mass is 16.2. The summed E-state index contributed by atoms with van der Waals surface area (Å²) in [6.45, 7) is 2.32. The van der Waals surface area contributed by atoms with Crippen LogP contribution in [-0.4, -0.2) is 23.6 Å². The summed E-state index contributed by atoms with van der Waals surface area (Å²) in [7, 11) is 0. The van der Waals surface area contributed by atoms with Gasteiger partial charge in [-0.2, -0.15) is 0 Å². The predicted octanol–water partition coefficient (Wildman–Crippen LogP) is 4.39. The van der Waals surface area contributed by atoms with Crippen molar-refractivity contribution in [3.63, 3.8) is 0 Å². The smallest absolute Gasteiger partial charge is 0.244 e. The summed E-state index contributed by atoms with van der Waals surface area (Å²) >= 11 is 0. The fraction of sp³-hybridized carbons (Fsp3) is 0.200. The molecule has 1 amide bonds. The van der Waals surface area contributed by atoms with Crippen molar-refractivity contribution in [3.05, 3.63) is 83.0 Å². The molecule has 1 fully saturated rings. The van der Waals surface area contributed by atoms with Gasteiger partial charge in [0.15, 0.2) is 5.43 Å². The number of rotatable bonds is 4. The topological polar surface area (TPSA) is 54.3 Å². The molecule has 150 valence electrons. The van der Waals surface area contributed by atoms with Gasteiger partial charge in [-0.1, -0.05) is 24.3 Å². The van der Waals surface area contributed by atoms with Crippen LogP contribution in [-0.2, 0) is 11.3 Å². The van der Waals surface area contributed by atoms with E-state index in [2.05, 4.69) is 22.3 Å². The van der Waals surface area contributed by atoms with Crippen LogP contribution in [0.15, 0.2) is 77.6 Å². The molecular weight excluding hydrogens is 374 g/mol. The zero-order valence-electron chi connectivity index (χ0n) is 16.7. The van der Waals surface area contributed by atoms with Crippen molar-refractivity contribution in [1.82, 2.24) is 4.57 Å². The minimum absolute atomic E-state index is 0.00430. The van der Waals surface area contributed by atoms with E-state index in [1.165, 1.54) is 18.5 Å². The van der Waals surface area contributed by atoms with Gasteiger partial charge in [0.1, 0.15) is 6.54 Å². The van der Waals surface area contributed by atoms with E-state index in [0.29, 0.717) is 10.8 Å². The second kappa shape index (κ2) is 7.67. The summed E-state index contributed by atoms with van der Waals surface area (Å²) in [5.41, 5.74) is 3.50. The van der Waals surface area contributed by atoms with Crippen LogP contribution < -0.4 is 15.6 Å². The Morgan fingerprint density at radius 1 is 0.800 bits per heavy atom. The lowest BCUT2D eigenvalue weighted by atomic mass is 10.1. The highest BCUT2D eigenvalue weighted by Crippen LogP contribution is 2.23. The first kappa shape index (κ1) is 18.4. The minimum atomic E-state index is -0.122. The van der Waals surface area contributed by atoms with Gasteiger partial charge in [0.25, 0.3) is 0 Å². The second-order valence-corrected chi connectivity index (χ2v) is 7.74. The summed E-state index contributed by atoms with van der Waals surface area (Å²) in [5.74, 6) is -0.122. The van der Waals surface area contributed by atoms with Gasteiger partial charge in [0.05, 0.1) is 11.0 Å². The first-order chi connectivity index (χ1) is 14.7. The highest BCUT2D eigenvalue weighted by Gasteiger charge is 2.14. The quantitative estimate of drug-likeness (QED) is 0.520. The van der Waals surface area contributed by atoms with Gasteiger partial charge in [-0.3, -0.25) is 9.59 Å². The number of nitrogens with one attached hydrogen (secondary N) is 1. The molecule has 1 aliphatic heterocycles. The van der Waals surface area contributed by atoms with Crippen LogP contribution >= 0.6 is 0 Å². The third-order valence-electron chi connectivity index (χ3n) is 5.80. The molecule has 0 unspecified atom stereocenters. The first-order valence-electron chi connectivity index (χ1n) is 10.4. The number of carbonyl (C=O) groups excluding carboxylic acids is 1. The Bertz CT molecular complexity index is 1230. The second-order valence-electron chi connectivity index (χ2n) is 7.74. The number of amides is 1. The number of carbonyl (C=O) groups is 1. The lowest BCUT2D eigenvalue weighted by Crippen LogP contribution is -2.21. The molecule has 0 atom stereocenters. The molecule has 1 N–H and O–H groups in total. The van der Waals surface area contributed by atoms with Crippen LogP contribution in [0.2, 0.25) is 0 Å². The predicted molar refractivity (Wildman–Crippen MR) is 122 cm³/mol. The van der Waals surface area contributed by atoms with Crippen molar-refractivity contribution in [2.75, 3.05) is 23.3 Å². The summed E-state index contributed by atoms with van der Waals surface area (Å²) in [6.07, 6.45) is 2.47. The molecule has 5 nitrogen and oxygen atoms in total. The number of hydrogen-bond acceptors (Lipinski definition) is 3. The molecule has 1 saturated heterocycles. The van der Waals surface area contributed by atoms with E-state index in [4.69, 9.17) is 0 Å². The van der Waals surface area contributed by atoms with E-state index >= 15 is 0 Å². The summed E-state index contributed by atoms with van der Waals surface area (Å²) < 4.78 is 1.92. The number of hydrogen-bond donors (Lipinski definition) is 1. The van der Waals surface area contributed by atoms with Crippen LogP contribution in [0.25, 0.3) is 21.8 Å². The third kappa shape index (κ3) is 3.32. The molecule has 0 saturated carbocycles. The maximum atomic E-state index is 12.9. The molecule has 1 aromatic heterocycles. The summed E-state index contributed by atoms with van der Waals surface area (Å²) in [5, 5.41) is 4.24. The van der Waals surface area contributed by atoms with Gasteiger partial charge >= 0.3 is 0 Å². The number of anilines is 2. The van der Waals surface area contributed by atoms with E-state index in [0.717, 1.165) is 29.8 Å². The fourth-order valence-electron chi connectivity index (χ4n) is 4.32. The lowest BCUT2D eigenvalue weighted by molar-refractivity contribution is -0.116. The fourth-order valence-corrected chi connectivity index (χ4v) is 4.32. The molecule has 5 heteroatoms. The number of benzene rings is 3. The number of fused-ring (bicyclic) bond motifs is 2. The third-order valence-corrected chi connectivity index (χ3v) is 5.80. The Labute approximate surface area is 174 Å². The Kier molecular flexibility index (Phi) is 4.71. The normalized spacial score (nSPS) is 13.8. The largest absolute Gasteiger partial charge is 0.372 e. The van der Waals surface area contributed by atoms with Crippen LogP contribution in [0.3, 0.4) is 0 Å². The van der Waals surface area contributed by atoms with Crippen molar-refractivity contribution < 1.29 is 4.79 Å². The molecule has 30 heavy (non-hydrogen) atoms. The van der Waals surface area contributed by atoms with Gasteiger partial charge in [0, 0.05) is 35.2 Å². The van der Waals surface area contributed by atoms with E-state index in [9.17, 15) is 9.59 Å². The van der Waals surface area contributed by atoms with Crippen LogP contribution in [0.4, 0.5) is 11.4 Å². The molecule has 0 radical (unpaired) electrons. The zero-order valence-corrected chi connectivity index (χ0v) is 16.7.